The highest BCUT2D eigenvalue weighted by Gasteiger charge is 2.44. The Kier molecular flexibility index (Phi) is 2.35. The summed E-state index contributed by atoms with van der Waals surface area (Å²) in [6, 6.07) is 4.66. The number of halogens is 1. The lowest BCUT2D eigenvalue weighted by molar-refractivity contribution is 0.0797. The maximum absolute atomic E-state index is 13.4. The molecule has 90 valence electrons. The van der Waals surface area contributed by atoms with E-state index in [4.69, 9.17) is 0 Å². The first-order valence-corrected chi connectivity index (χ1v) is 6.43. The second-order valence-electron chi connectivity index (χ2n) is 5.78. The van der Waals surface area contributed by atoms with Crippen molar-refractivity contribution in [3.05, 3.63) is 35.1 Å². The summed E-state index contributed by atoms with van der Waals surface area (Å²) in [5.41, 5.74) is 1.79. The highest BCUT2D eigenvalue weighted by atomic mass is 19.1. The molecule has 1 aromatic carbocycles. The van der Waals surface area contributed by atoms with Gasteiger partial charge in [0, 0.05) is 12.0 Å². The highest BCUT2D eigenvalue weighted by Crippen LogP contribution is 2.53. The van der Waals surface area contributed by atoms with Crippen LogP contribution >= 0.6 is 0 Å². The van der Waals surface area contributed by atoms with Crippen molar-refractivity contribution >= 4 is 5.78 Å². The fraction of sp³-hybridized carbons (Fsp3) is 0.533. The van der Waals surface area contributed by atoms with E-state index in [1.54, 1.807) is 12.1 Å². The fourth-order valence-electron chi connectivity index (χ4n) is 3.68. The Morgan fingerprint density at radius 2 is 2.18 bits per heavy atom. The zero-order valence-electron chi connectivity index (χ0n) is 10.1. The topological polar surface area (TPSA) is 17.1 Å². The molecule has 2 heteroatoms. The van der Waals surface area contributed by atoms with Gasteiger partial charge in [-0.2, -0.15) is 0 Å². The molecule has 0 spiro atoms. The van der Waals surface area contributed by atoms with Gasteiger partial charge in [-0.25, -0.2) is 4.39 Å². The third-order valence-electron chi connectivity index (χ3n) is 4.59. The molecule has 1 aromatic rings. The number of fused-ring (bicyclic) bond motifs is 3. The molecule has 2 atom stereocenters. The minimum atomic E-state index is -0.216. The van der Waals surface area contributed by atoms with Gasteiger partial charge in [-0.1, -0.05) is 19.8 Å². The summed E-state index contributed by atoms with van der Waals surface area (Å²) in [5, 5.41) is 0. The van der Waals surface area contributed by atoms with E-state index >= 15 is 0 Å². The van der Waals surface area contributed by atoms with E-state index in [1.807, 2.05) is 0 Å². The summed E-state index contributed by atoms with van der Waals surface area (Å²) in [5.74, 6) is 0.353. The second kappa shape index (κ2) is 3.66. The molecule has 0 unspecified atom stereocenters. The van der Waals surface area contributed by atoms with E-state index in [9.17, 15) is 9.18 Å². The van der Waals surface area contributed by atoms with Crippen LogP contribution in [0.1, 0.15) is 60.9 Å². The lowest BCUT2D eigenvalue weighted by Gasteiger charge is -2.45. The van der Waals surface area contributed by atoms with Crippen LogP contribution in [0.4, 0.5) is 4.39 Å². The van der Waals surface area contributed by atoms with Crippen LogP contribution < -0.4 is 0 Å². The highest BCUT2D eigenvalue weighted by molar-refractivity contribution is 5.99. The van der Waals surface area contributed by atoms with Crippen molar-refractivity contribution in [2.45, 2.75) is 44.9 Å². The van der Waals surface area contributed by atoms with Crippen molar-refractivity contribution in [1.29, 1.82) is 0 Å². The van der Waals surface area contributed by atoms with E-state index < -0.39 is 0 Å². The van der Waals surface area contributed by atoms with Crippen LogP contribution in [-0.2, 0) is 0 Å². The molecule has 1 fully saturated rings. The predicted octanol–water partition coefficient (Wildman–Crippen LogP) is 4.08. The molecule has 0 radical (unpaired) electrons. The van der Waals surface area contributed by atoms with Crippen molar-refractivity contribution in [1.82, 2.24) is 0 Å². The summed E-state index contributed by atoms with van der Waals surface area (Å²) in [6.45, 7) is 2.20. The third-order valence-corrected chi connectivity index (χ3v) is 4.59. The molecule has 0 bridgehead atoms. The summed E-state index contributed by atoms with van der Waals surface area (Å²) in [4.78, 5) is 12.1. The summed E-state index contributed by atoms with van der Waals surface area (Å²) >= 11 is 0. The first-order chi connectivity index (χ1) is 8.10. The fourth-order valence-corrected chi connectivity index (χ4v) is 3.68. The molecule has 2 aliphatic rings. The first-order valence-electron chi connectivity index (χ1n) is 6.43. The van der Waals surface area contributed by atoms with Gasteiger partial charge in [-0.3, -0.25) is 4.79 Å². The number of rotatable bonds is 0. The lowest BCUT2D eigenvalue weighted by Crippen LogP contribution is -2.36. The Labute approximate surface area is 101 Å². The van der Waals surface area contributed by atoms with Crippen LogP contribution in [0.2, 0.25) is 0 Å². The number of hydrogen-bond acceptors (Lipinski definition) is 1. The van der Waals surface area contributed by atoms with E-state index in [0.29, 0.717) is 12.3 Å². The SMILES string of the molecule is C[C@@]12CCCC[C@@H]1c1cc(F)ccc1C(=O)C2. The van der Waals surface area contributed by atoms with Crippen LogP contribution in [0.25, 0.3) is 0 Å². The molecular formula is C15H17FO. The minimum Gasteiger partial charge on any atom is -0.294 e. The van der Waals surface area contributed by atoms with Crippen LogP contribution in [0.3, 0.4) is 0 Å². The van der Waals surface area contributed by atoms with Crippen molar-refractivity contribution in [2.24, 2.45) is 5.41 Å². The maximum Gasteiger partial charge on any atom is 0.163 e. The average molecular weight is 232 g/mol. The average Bonchev–Trinajstić information content (AvgIpc) is 2.28. The molecule has 1 nitrogen and oxygen atoms in total. The molecule has 2 aliphatic carbocycles. The molecule has 0 heterocycles. The maximum atomic E-state index is 13.4. The van der Waals surface area contributed by atoms with Crippen molar-refractivity contribution < 1.29 is 9.18 Å². The number of carbonyl (C=O) groups excluding carboxylic acids is 1. The normalized spacial score (nSPS) is 31.9. The first kappa shape index (κ1) is 10.9. The Balaban J connectivity index is 2.15. The number of hydrogen-bond donors (Lipinski definition) is 0. The van der Waals surface area contributed by atoms with Gasteiger partial charge in [0.05, 0.1) is 0 Å². The Morgan fingerprint density at radius 1 is 1.35 bits per heavy atom. The number of ketones is 1. The van der Waals surface area contributed by atoms with Gasteiger partial charge in [0.1, 0.15) is 5.82 Å². The van der Waals surface area contributed by atoms with Crippen molar-refractivity contribution in [3.63, 3.8) is 0 Å². The van der Waals surface area contributed by atoms with E-state index in [-0.39, 0.29) is 17.0 Å². The van der Waals surface area contributed by atoms with E-state index in [0.717, 1.165) is 24.0 Å². The molecule has 3 rings (SSSR count). The zero-order chi connectivity index (χ0) is 12.0. The largest absolute Gasteiger partial charge is 0.294 e. The smallest absolute Gasteiger partial charge is 0.163 e. The van der Waals surface area contributed by atoms with Gasteiger partial charge in [-0.15, -0.1) is 0 Å². The molecule has 17 heavy (non-hydrogen) atoms. The van der Waals surface area contributed by atoms with Crippen molar-refractivity contribution in [2.75, 3.05) is 0 Å². The van der Waals surface area contributed by atoms with Gasteiger partial charge in [0.25, 0.3) is 0 Å². The van der Waals surface area contributed by atoms with Crippen LogP contribution in [0.5, 0.6) is 0 Å². The Hall–Kier alpha value is -1.18. The lowest BCUT2D eigenvalue weighted by atomic mass is 9.58. The van der Waals surface area contributed by atoms with Crippen LogP contribution in [0, 0.1) is 11.2 Å². The third kappa shape index (κ3) is 1.62. The number of benzene rings is 1. The van der Waals surface area contributed by atoms with E-state index in [1.165, 1.54) is 18.9 Å². The predicted molar refractivity (Wildman–Crippen MR) is 64.7 cm³/mol. The Bertz CT molecular complexity index is 480. The molecule has 0 saturated heterocycles. The second-order valence-corrected chi connectivity index (χ2v) is 5.78. The zero-order valence-corrected chi connectivity index (χ0v) is 10.1. The van der Waals surface area contributed by atoms with Crippen LogP contribution in [-0.4, -0.2) is 5.78 Å². The quantitative estimate of drug-likeness (QED) is 0.658. The summed E-state index contributed by atoms with van der Waals surface area (Å²) < 4.78 is 13.4. The van der Waals surface area contributed by atoms with Crippen LogP contribution in [0.15, 0.2) is 18.2 Å². The van der Waals surface area contributed by atoms with Gasteiger partial charge in [0.2, 0.25) is 0 Å². The summed E-state index contributed by atoms with van der Waals surface area (Å²) in [7, 11) is 0. The molecule has 0 amide bonds. The van der Waals surface area contributed by atoms with Gasteiger partial charge < -0.3 is 0 Å². The standard InChI is InChI=1S/C15H17FO/c1-15-7-3-2-4-13(15)12-8-10(16)5-6-11(12)14(17)9-15/h5-6,8,13H,2-4,7,9H2,1H3/t13-,15+/m1/s1. The minimum absolute atomic E-state index is 0.0656. The van der Waals surface area contributed by atoms with Gasteiger partial charge >= 0.3 is 0 Å². The molecule has 0 aliphatic heterocycles. The van der Waals surface area contributed by atoms with E-state index in [2.05, 4.69) is 6.92 Å². The Morgan fingerprint density at radius 3 is 3.00 bits per heavy atom. The molecule has 0 aromatic heterocycles. The monoisotopic (exact) mass is 232 g/mol. The van der Waals surface area contributed by atoms with Gasteiger partial charge in [-0.05, 0) is 47.9 Å². The molecule has 1 saturated carbocycles. The number of carbonyl (C=O) groups is 1. The number of Topliss-reactive ketones (excluding diaryl/α,β-unsaturated/α-hetero) is 1. The van der Waals surface area contributed by atoms with Gasteiger partial charge in [0.15, 0.2) is 5.78 Å². The van der Waals surface area contributed by atoms with Crippen molar-refractivity contribution in [3.8, 4) is 0 Å². The summed E-state index contributed by atoms with van der Waals surface area (Å²) in [6.07, 6.45) is 5.23. The molecule has 0 N–H and O–H groups in total. The molecular weight excluding hydrogens is 215 g/mol.